The number of hydrogen-bond donors (Lipinski definition) is 2. The fraction of sp³-hybridized carbons (Fsp3) is 0.250. The first-order valence-corrected chi connectivity index (χ1v) is 7.89. The van der Waals surface area contributed by atoms with Crippen LogP contribution in [0.4, 0.5) is 0 Å². The van der Waals surface area contributed by atoms with E-state index in [9.17, 15) is 0 Å². The molecule has 0 saturated heterocycles. The lowest BCUT2D eigenvalue weighted by molar-refractivity contribution is 0.171. The molecule has 0 aliphatic carbocycles. The van der Waals surface area contributed by atoms with Crippen LogP contribution in [0.1, 0.15) is 11.6 Å². The van der Waals surface area contributed by atoms with Crippen LogP contribution in [0.3, 0.4) is 0 Å². The second-order valence-electron chi connectivity index (χ2n) is 4.75. The molecule has 21 heavy (non-hydrogen) atoms. The Kier molecular flexibility index (Phi) is 4.65. The molecule has 1 aliphatic heterocycles. The van der Waals surface area contributed by atoms with Crippen LogP contribution in [-0.4, -0.2) is 19.0 Å². The van der Waals surface area contributed by atoms with Gasteiger partial charge in [-0.2, -0.15) is 0 Å². The van der Waals surface area contributed by atoms with Crippen molar-refractivity contribution in [3.8, 4) is 11.5 Å². The Morgan fingerprint density at radius 1 is 1.05 bits per heavy atom. The number of benzene rings is 2. The summed E-state index contributed by atoms with van der Waals surface area (Å²) >= 11 is 1.77. The molecule has 3 N–H and O–H groups in total. The van der Waals surface area contributed by atoms with Crippen LogP contribution >= 0.6 is 11.8 Å². The number of hydrogen-bond acceptors (Lipinski definition) is 5. The van der Waals surface area contributed by atoms with Gasteiger partial charge in [-0.05, 0) is 29.8 Å². The van der Waals surface area contributed by atoms with Crippen LogP contribution in [0.25, 0.3) is 0 Å². The Morgan fingerprint density at radius 3 is 2.57 bits per heavy atom. The summed E-state index contributed by atoms with van der Waals surface area (Å²) in [6, 6.07) is 16.3. The van der Waals surface area contributed by atoms with Crippen LogP contribution in [0.15, 0.2) is 53.4 Å². The standard InChI is InChI=1S/C16H18N2O2S/c17-18-14(11-21-13-4-2-1-3-5-13)12-6-7-15-16(10-12)20-9-8-19-15/h1-7,10,14,18H,8-9,11,17H2. The van der Waals surface area contributed by atoms with E-state index in [0.717, 1.165) is 22.8 Å². The maximum absolute atomic E-state index is 5.71. The lowest BCUT2D eigenvalue weighted by Crippen LogP contribution is -2.29. The van der Waals surface area contributed by atoms with Crippen molar-refractivity contribution in [3.05, 3.63) is 54.1 Å². The molecule has 1 atom stereocenters. The van der Waals surface area contributed by atoms with Crippen molar-refractivity contribution in [2.75, 3.05) is 19.0 Å². The minimum absolute atomic E-state index is 0.0611. The molecule has 0 bridgehead atoms. The number of fused-ring (bicyclic) bond motifs is 1. The van der Waals surface area contributed by atoms with Gasteiger partial charge in [-0.15, -0.1) is 11.8 Å². The first kappa shape index (κ1) is 14.3. The second-order valence-corrected chi connectivity index (χ2v) is 5.84. The summed E-state index contributed by atoms with van der Waals surface area (Å²) in [7, 11) is 0. The Balaban J connectivity index is 1.71. The highest BCUT2D eigenvalue weighted by molar-refractivity contribution is 7.99. The minimum Gasteiger partial charge on any atom is -0.486 e. The monoisotopic (exact) mass is 302 g/mol. The molecule has 3 rings (SSSR count). The quantitative estimate of drug-likeness (QED) is 0.505. The Hall–Kier alpha value is -1.69. The maximum Gasteiger partial charge on any atom is 0.161 e. The van der Waals surface area contributed by atoms with Crippen LogP contribution in [0, 0.1) is 0 Å². The predicted octanol–water partition coefficient (Wildman–Crippen LogP) is 2.75. The van der Waals surface area contributed by atoms with E-state index in [1.165, 1.54) is 4.90 Å². The topological polar surface area (TPSA) is 56.5 Å². The highest BCUT2D eigenvalue weighted by Gasteiger charge is 2.16. The van der Waals surface area contributed by atoms with Gasteiger partial charge >= 0.3 is 0 Å². The first-order chi connectivity index (χ1) is 10.4. The number of ether oxygens (including phenoxy) is 2. The predicted molar refractivity (Wildman–Crippen MR) is 84.7 cm³/mol. The smallest absolute Gasteiger partial charge is 0.161 e. The van der Waals surface area contributed by atoms with Gasteiger partial charge in [0.25, 0.3) is 0 Å². The normalized spacial score (nSPS) is 14.7. The van der Waals surface area contributed by atoms with Crippen molar-refractivity contribution in [2.24, 2.45) is 5.84 Å². The van der Waals surface area contributed by atoms with Gasteiger partial charge in [-0.1, -0.05) is 24.3 Å². The lowest BCUT2D eigenvalue weighted by Gasteiger charge is -2.21. The molecule has 0 saturated carbocycles. The number of rotatable bonds is 5. The van der Waals surface area contributed by atoms with Gasteiger partial charge in [-0.25, -0.2) is 0 Å². The van der Waals surface area contributed by atoms with Crippen LogP contribution in [0.2, 0.25) is 0 Å². The van der Waals surface area contributed by atoms with E-state index in [4.69, 9.17) is 15.3 Å². The fourth-order valence-corrected chi connectivity index (χ4v) is 3.21. The molecule has 0 spiro atoms. The van der Waals surface area contributed by atoms with E-state index < -0.39 is 0 Å². The van der Waals surface area contributed by atoms with Crippen LogP contribution in [-0.2, 0) is 0 Å². The van der Waals surface area contributed by atoms with Gasteiger partial charge in [0.2, 0.25) is 0 Å². The molecule has 1 unspecified atom stereocenters. The Labute approximate surface area is 128 Å². The fourth-order valence-electron chi connectivity index (χ4n) is 2.21. The van der Waals surface area contributed by atoms with Crippen molar-refractivity contribution in [1.82, 2.24) is 5.43 Å². The van der Waals surface area contributed by atoms with Crippen molar-refractivity contribution in [1.29, 1.82) is 0 Å². The largest absolute Gasteiger partial charge is 0.486 e. The number of nitrogens with one attached hydrogen (secondary N) is 1. The molecule has 2 aromatic rings. The Morgan fingerprint density at radius 2 is 1.81 bits per heavy atom. The summed E-state index contributed by atoms with van der Waals surface area (Å²) in [5.74, 6) is 8.15. The van der Waals surface area contributed by atoms with E-state index >= 15 is 0 Å². The van der Waals surface area contributed by atoms with Crippen molar-refractivity contribution >= 4 is 11.8 Å². The van der Waals surface area contributed by atoms with Crippen molar-refractivity contribution < 1.29 is 9.47 Å². The van der Waals surface area contributed by atoms with Crippen LogP contribution < -0.4 is 20.7 Å². The molecule has 110 valence electrons. The zero-order valence-electron chi connectivity index (χ0n) is 11.6. The average Bonchev–Trinajstić information content (AvgIpc) is 2.56. The molecule has 4 nitrogen and oxygen atoms in total. The van der Waals surface area contributed by atoms with Gasteiger partial charge in [-0.3, -0.25) is 11.3 Å². The number of thioether (sulfide) groups is 1. The summed E-state index contributed by atoms with van der Waals surface area (Å²) in [5.41, 5.74) is 3.98. The molecule has 2 aromatic carbocycles. The molecule has 0 amide bonds. The summed E-state index contributed by atoms with van der Waals surface area (Å²) in [6.07, 6.45) is 0. The highest BCUT2D eigenvalue weighted by atomic mass is 32.2. The molecule has 0 fully saturated rings. The summed E-state index contributed by atoms with van der Waals surface area (Å²) in [5, 5.41) is 0. The average molecular weight is 302 g/mol. The lowest BCUT2D eigenvalue weighted by atomic mass is 10.1. The number of hydrazine groups is 1. The highest BCUT2D eigenvalue weighted by Crippen LogP contribution is 2.33. The molecule has 0 aromatic heterocycles. The number of nitrogens with two attached hydrogens (primary N) is 1. The summed E-state index contributed by atoms with van der Waals surface area (Å²) < 4.78 is 11.2. The van der Waals surface area contributed by atoms with Gasteiger partial charge in [0, 0.05) is 10.6 Å². The van der Waals surface area contributed by atoms with Gasteiger partial charge < -0.3 is 9.47 Å². The third-order valence-corrected chi connectivity index (χ3v) is 4.44. The van der Waals surface area contributed by atoms with E-state index in [1.807, 2.05) is 36.4 Å². The van der Waals surface area contributed by atoms with Crippen LogP contribution in [0.5, 0.6) is 11.5 Å². The molecule has 5 heteroatoms. The zero-order chi connectivity index (χ0) is 14.5. The first-order valence-electron chi connectivity index (χ1n) is 6.90. The maximum atomic E-state index is 5.71. The second kappa shape index (κ2) is 6.85. The van der Waals surface area contributed by atoms with Gasteiger partial charge in [0.05, 0.1) is 6.04 Å². The molecule has 0 radical (unpaired) electrons. The molecular weight excluding hydrogens is 284 g/mol. The van der Waals surface area contributed by atoms with Gasteiger partial charge in [0.1, 0.15) is 13.2 Å². The third kappa shape index (κ3) is 3.50. The third-order valence-electron chi connectivity index (χ3n) is 3.33. The molecular formula is C16H18N2O2S. The van der Waals surface area contributed by atoms with E-state index in [1.54, 1.807) is 11.8 Å². The van der Waals surface area contributed by atoms with E-state index in [0.29, 0.717) is 13.2 Å². The van der Waals surface area contributed by atoms with Gasteiger partial charge in [0.15, 0.2) is 11.5 Å². The summed E-state index contributed by atoms with van der Waals surface area (Å²) in [6.45, 7) is 1.20. The minimum atomic E-state index is 0.0611. The molecule has 1 aliphatic rings. The Bertz CT molecular complexity index is 592. The van der Waals surface area contributed by atoms with E-state index in [-0.39, 0.29) is 6.04 Å². The summed E-state index contributed by atoms with van der Waals surface area (Å²) in [4.78, 5) is 1.23. The van der Waals surface area contributed by atoms with Crippen molar-refractivity contribution in [2.45, 2.75) is 10.9 Å². The SMILES string of the molecule is NNC(CSc1ccccc1)c1ccc2c(c1)OCCO2. The zero-order valence-corrected chi connectivity index (χ0v) is 12.4. The van der Waals surface area contributed by atoms with E-state index in [2.05, 4.69) is 17.6 Å². The van der Waals surface area contributed by atoms with Crippen molar-refractivity contribution in [3.63, 3.8) is 0 Å². The molecule has 1 heterocycles.